The van der Waals surface area contributed by atoms with E-state index < -0.39 is 0 Å². The van der Waals surface area contributed by atoms with Gasteiger partial charge in [-0.1, -0.05) is 86.6 Å². The van der Waals surface area contributed by atoms with Crippen molar-refractivity contribution < 1.29 is 9.47 Å². The molecule has 228 valence electrons. The summed E-state index contributed by atoms with van der Waals surface area (Å²) in [6.45, 7) is 11.3. The predicted octanol–water partition coefficient (Wildman–Crippen LogP) is 5.91. The van der Waals surface area contributed by atoms with Crippen LogP contribution in [-0.4, -0.2) is 65.0 Å². The average molecular weight is 591 g/mol. The Morgan fingerprint density at radius 3 is 2.11 bits per heavy atom. The lowest BCUT2D eigenvalue weighted by atomic mass is 10.0. The number of hydrogen-bond donors (Lipinski definition) is 1. The number of hydrogen-bond acceptors (Lipinski definition) is 7. The van der Waals surface area contributed by atoms with Gasteiger partial charge >= 0.3 is 0 Å². The van der Waals surface area contributed by atoms with Gasteiger partial charge in [-0.15, -0.1) is 0 Å². The van der Waals surface area contributed by atoms with Crippen molar-refractivity contribution in [3.8, 4) is 23.0 Å². The molecule has 7 rings (SSSR count). The first-order valence-corrected chi connectivity index (χ1v) is 15.7. The fraction of sp³-hybridized carbons (Fsp3) is 0.333. The third-order valence-electron chi connectivity index (χ3n) is 8.25. The van der Waals surface area contributed by atoms with Gasteiger partial charge < -0.3 is 19.7 Å². The van der Waals surface area contributed by atoms with E-state index in [2.05, 4.69) is 45.4 Å². The minimum atomic E-state index is 0.403. The van der Waals surface area contributed by atoms with Crippen LogP contribution in [0.25, 0.3) is 22.2 Å². The minimum absolute atomic E-state index is 0.403. The summed E-state index contributed by atoms with van der Waals surface area (Å²) in [5.74, 6) is 1.03. The lowest BCUT2D eigenvalue weighted by Crippen LogP contribution is -2.63. The summed E-state index contributed by atoms with van der Waals surface area (Å²) < 4.78 is 14.4. The molecule has 0 aliphatic carbocycles. The van der Waals surface area contributed by atoms with E-state index in [4.69, 9.17) is 19.6 Å². The number of nitrogens with one attached hydrogen (secondary N) is 1. The zero-order valence-corrected chi connectivity index (χ0v) is 25.9. The molecule has 2 aromatic heterocycles. The molecule has 0 amide bonds. The van der Waals surface area contributed by atoms with Crippen molar-refractivity contribution in [2.24, 2.45) is 7.05 Å². The van der Waals surface area contributed by atoms with Crippen molar-refractivity contribution in [2.75, 3.05) is 44.2 Å². The van der Waals surface area contributed by atoms with Crippen LogP contribution < -0.4 is 19.7 Å². The largest absolute Gasteiger partial charge is 0.473 e. The molecule has 2 fully saturated rings. The molecule has 0 bridgehead atoms. The van der Waals surface area contributed by atoms with E-state index in [1.165, 1.54) is 5.69 Å². The van der Waals surface area contributed by atoms with Gasteiger partial charge in [0.1, 0.15) is 18.9 Å². The standard InChI is InChI=1S/C34H36N6O2.C2H6/c1-38-33-28(13-8-14-30(33)40-21-27(22-40)39-19-17-35-18-20-39)32(37-38)29-15-16-31(41-23-25-9-4-2-5-10-25)36-34(29)42-24-26-11-6-3-7-12-26;1-2/h2-16,27,35H,17-24H2,1H3;1-2H3. The first-order chi connectivity index (χ1) is 21.7. The van der Waals surface area contributed by atoms with Crippen molar-refractivity contribution in [1.29, 1.82) is 0 Å². The summed E-state index contributed by atoms with van der Waals surface area (Å²) in [6.07, 6.45) is 0. The summed E-state index contributed by atoms with van der Waals surface area (Å²) in [5, 5.41) is 9.57. The minimum Gasteiger partial charge on any atom is -0.473 e. The zero-order chi connectivity index (χ0) is 30.3. The predicted molar refractivity (Wildman–Crippen MR) is 177 cm³/mol. The van der Waals surface area contributed by atoms with Gasteiger partial charge in [0, 0.05) is 63.8 Å². The Labute approximate surface area is 260 Å². The maximum Gasteiger partial charge on any atom is 0.226 e. The fourth-order valence-electron chi connectivity index (χ4n) is 5.95. The number of benzene rings is 3. The van der Waals surface area contributed by atoms with E-state index >= 15 is 0 Å². The maximum atomic E-state index is 6.36. The molecule has 8 nitrogen and oxygen atoms in total. The van der Waals surface area contributed by atoms with Crippen molar-refractivity contribution in [3.05, 3.63) is 102 Å². The Kier molecular flexibility index (Phi) is 9.39. The number of anilines is 1. The number of fused-ring (bicyclic) bond motifs is 1. The second-order valence-electron chi connectivity index (χ2n) is 11.0. The van der Waals surface area contributed by atoms with Crippen molar-refractivity contribution in [3.63, 3.8) is 0 Å². The molecule has 2 aliphatic rings. The van der Waals surface area contributed by atoms with Gasteiger partial charge in [-0.05, 0) is 23.3 Å². The molecule has 2 saturated heterocycles. The van der Waals surface area contributed by atoms with Crippen LogP contribution in [0.4, 0.5) is 5.69 Å². The SMILES string of the molecule is CC.Cn1nc(-c2ccc(OCc3ccccc3)nc2OCc2ccccc2)c2cccc(N3CC(N4CCNCC4)C3)c21. The van der Waals surface area contributed by atoms with Gasteiger partial charge in [0.25, 0.3) is 0 Å². The first-order valence-electron chi connectivity index (χ1n) is 15.7. The molecule has 5 aromatic rings. The second kappa shape index (κ2) is 13.9. The van der Waals surface area contributed by atoms with Crippen LogP contribution in [0.2, 0.25) is 0 Å². The molecule has 0 spiro atoms. The van der Waals surface area contributed by atoms with E-state index in [1.54, 1.807) is 0 Å². The second-order valence-corrected chi connectivity index (χ2v) is 11.0. The summed E-state index contributed by atoms with van der Waals surface area (Å²) in [6, 6.07) is 31.3. The van der Waals surface area contributed by atoms with Crippen molar-refractivity contribution in [1.82, 2.24) is 25.0 Å². The topological polar surface area (TPSA) is 67.7 Å². The number of piperazine rings is 1. The van der Waals surface area contributed by atoms with Gasteiger partial charge in [-0.25, -0.2) is 0 Å². The highest BCUT2D eigenvalue weighted by Gasteiger charge is 2.34. The van der Waals surface area contributed by atoms with Gasteiger partial charge in [-0.2, -0.15) is 10.1 Å². The molecule has 4 heterocycles. The third kappa shape index (κ3) is 6.42. The first kappa shape index (κ1) is 29.7. The van der Waals surface area contributed by atoms with Gasteiger partial charge in [-0.3, -0.25) is 9.58 Å². The Bertz CT molecular complexity index is 1640. The molecule has 2 aliphatic heterocycles. The fourth-order valence-corrected chi connectivity index (χ4v) is 5.95. The normalized spacial score (nSPS) is 15.4. The lowest BCUT2D eigenvalue weighted by Gasteiger charge is -2.48. The molecule has 0 unspecified atom stereocenters. The van der Waals surface area contributed by atoms with Crippen LogP contribution in [-0.2, 0) is 20.3 Å². The molecule has 0 atom stereocenters. The van der Waals surface area contributed by atoms with Crippen LogP contribution in [0.15, 0.2) is 91.0 Å². The zero-order valence-electron chi connectivity index (χ0n) is 25.9. The molecular formula is C36H42N6O2. The van der Waals surface area contributed by atoms with Gasteiger partial charge in [0.2, 0.25) is 11.8 Å². The number of pyridine rings is 1. The molecule has 0 saturated carbocycles. The van der Waals surface area contributed by atoms with Crippen molar-refractivity contribution >= 4 is 16.6 Å². The van der Waals surface area contributed by atoms with Crippen LogP contribution in [0.5, 0.6) is 11.8 Å². The Balaban J connectivity index is 0.00000168. The van der Waals surface area contributed by atoms with E-state index in [1.807, 2.05) is 86.2 Å². The maximum absolute atomic E-state index is 6.36. The highest BCUT2D eigenvalue weighted by molar-refractivity contribution is 6.01. The number of nitrogens with zero attached hydrogens (tertiary/aromatic N) is 5. The summed E-state index contributed by atoms with van der Waals surface area (Å²) in [4.78, 5) is 9.92. The Morgan fingerprint density at radius 1 is 0.773 bits per heavy atom. The summed E-state index contributed by atoms with van der Waals surface area (Å²) in [7, 11) is 2.03. The Morgan fingerprint density at radius 2 is 1.43 bits per heavy atom. The van der Waals surface area contributed by atoms with Gasteiger partial charge in [0.05, 0.1) is 16.8 Å². The number of aromatic nitrogens is 3. The Hall–Kier alpha value is -4.40. The van der Waals surface area contributed by atoms with E-state index in [9.17, 15) is 0 Å². The van der Waals surface area contributed by atoms with Crippen molar-refractivity contribution in [2.45, 2.75) is 33.1 Å². The molecule has 3 aromatic carbocycles. The third-order valence-corrected chi connectivity index (χ3v) is 8.25. The monoisotopic (exact) mass is 590 g/mol. The smallest absolute Gasteiger partial charge is 0.226 e. The number of para-hydroxylation sites is 1. The highest BCUT2D eigenvalue weighted by atomic mass is 16.5. The van der Waals surface area contributed by atoms with E-state index in [0.717, 1.165) is 72.6 Å². The van der Waals surface area contributed by atoms with Crippen LogP contribution in [0.1, 0.15) is 25.0 Å². The average Bonchev–Trinajstić information content (AvgIpc) is 3.41. The number of rotatable bonds is 9. The summed E-state index contributed by atoms with van der Waals surface area (Å²) in [5.41, 5.74) is 6.23. The quantitative estimate of drug-likeness (QED) is 0.229. The molecule has 0 radical (unpaired) electrons. The highest BCUT2D eigenvalue weighted by Crippen LogP contribution is 2.39. The van der Waals surface area contributed by atoms with Crippen LogP contribution in [0.3, 0.4) is 0 Å². The van der Waals surface area contributed by atoms with Crippen LogP contribution in [0, 0.1) is 0 Å². The summed E-state index contributed by atoms with van der Waals surface area (Å²) >= 11 is 0. The molecule has 44 heavy (non-hydrogen) atoms. The molecule has 1 N–H and O–H groups in total. The number of aryl methyl sites for hydroxylation is 1. The van der Waals surface area contributed by atoms with Gasteiger partial charge in [0.15, 0.2) is 0 Å². The molecular weight excluding hydrogens is 548 g/mol. The van der Waals surface area contributed by atoms with Crippen LogP contribution >= 0.6 is 0 Å². The lowest BCUT2D eigenvalue weighted by molar-refractivity contribution is 0.147. The number of ether oxygens (including phenoxy) is 2. The molecule has 8 heteroatoms. The van der Waals surface area contributed by atoms with E-state index in [0.29, 0.717) is 31.0 Å². The van der Waals surface area contributed by atoms with E-state index in [-0.39, 0.29) is 0 Å².